The minimum absolute atomic E-state index is 0.140. The smallest absolute Gasteiger partial charge is 0.190 e. The Hall–Kier alpha value is -1.10. The Balaban J connectivity index is 2.39. The van der Waals surface area contributed by atoms with Gasteiger partial charge in [0.05, 0.1) is 10.7 Å². The molecule has 0 bridgehead atoms. The Morgan fingerprint density at radius 2 is 2.00 bits per heavy atom. The molecule has 0 aliphatic carbocycles. The third-order valence-electron chi connectivity index (χ3n) is 2.72. The Labute approximate surface area is 120 Å². The molecule has 1 aromatic heterocycles. The van der Waals surface area contributed by atoms with Crippen molar-refractivity contribution in [3.63, 3.8) is 0 Å². The zero-order chi connectivity index (χ0) is 14.3. The van der Waals surface area contributed by atoms with Crippen molar-refractivity contribution < 1.29 is 0 Å². The van der Waals surface area contributed by atoms with Crippen LogP contribution in [0.3, 0.4) is 0 Å². The number of aromatic nitrogens is 1. The summed E-state index contributed by atoms with van der Waals surface area (Å²) in [5, 5.41) is 9.91. The van der Waals surface area contributed by atoms with E-state index in [-0.39, 0.29) is 5.41 Å². The number of hydrogen-bond acceptors (Lipinski definition) is 3. The van der Waals surface area contributed by atoms with Gasteiger partial charge in [0.25, 0.3) is 0 Å². The van der Waals surface area contributed by atoms with E-state index in [1.165, 1.54) is 10.7 Å². The number of rotatable bonds is 5. The van der Waals surface area contributed by atoms with Crippen LogP contribution in [0.4, 0.5) is 0 Å². The average Bonchev–Trinajstić information content (AvgIpc) is 2.82. The van der Waals surface area contributed by atoms with Crippen molar-refractivity contribution in [2.24, 2.45) is 4.99 Å². The quantitative estimate of drug-likeness (QED) is 0.644. The SMILES string of the molecule is CCCNC(=NC)NCCc1nc(C(C)(C)C)cs1. The molecule has 1 rings (SSSR count). The van der Waals surface area contributed by atoms with Crippen LogP contribution in [0.5, 0.6) is 0 Å². The predicted molar refractivity (Wildman–Crippen MR) is 84.2 cm³/mol. The first-order chi connectivity index (χ1) is 8.97. The molecule has 2 N–H and O–H groups in total. The average molecular weight is 282 g/mol. The van der Waals surface area contributed by atoms with Crippen LogP contribution in [-0.4, -0.2) is 31.1 Å². The monoisotopic (exact) mass is 282 g/mol. The van der Waals surface area contributed by atoms with E-state index in [1.807, 2.05) is 0 Å². The zero-order valence-corrected chi connectivity index (χ0v) is 13.5. The van der Waals surface area contributed by atoms with Crippen LogP contribution in [0.25, 0.3) is 0 Å². The first-order valence-electron chi connectivity index (χ1n) is 6.86. The van der Waals surface area contributed by atoms with Gasteiger partial charge in [-0.15, -0.1) is 11.3 Å². The van der Waals surface area contributed by atoms with E-state index >= 15 is 0 Å². The van der Waals surface area contributed by atoms with Gasteiger partial charge in [-0.3, -0.25) is 4.99 Å². The van der Waals surface area contributed by atoms with E-state index in [0.717, 1.165) is 31.9 Å². The van der Waals surface area contributed by atoms with E-state index < -0.39 is 0 Å². The van der Waals surface area contributed by atoms with Crippen LogP contribution in [0.1, 0.15) is 44.8 Å². The summed E-state index contributed by atoms with van der Waals surface area (Å²) in [6.07, 6.45) is 2.04. The molecule has 1 heterocycles. The number of hydrogen-bond donors (Lipinski definition) is 2. The summed E-state index contributed by atoms with van der Waals surface area (Å²) in [4.78, 5) is 8.86. The number of guanidine groups is 1. The molecule has 0 aliphatic rings. The lowest BCUT2D eigenvalue weighted by Crippen LogP contribution is -2.38. The highest BCUT2D eigenvalue weighted by Crippen LogP contribution is 2.23. The second kappa shape index (κ2) is 7.48. The van der Waals surface area contributed by atoms with Crippen LogP contribution in [-0.2, 0) is 11.8 Å². The van der Waals surface area contributed by atoms with Crippen molar-refractivity contribution in [2.75, 3.05) is 20.1 Å². The maximum atomic E-state index is 4.68. The van der Waals surface area contributed by atoms with Gasteiger partial charge in [0, 0.05) is 37.4 Å². The van der Waals surface area contributed by atoms with Crippen LogP contribution in [0.15, 0.2) is 10.4 Å². The van der Waals surface area contributed by atoms with E-state index in [0.29, 0.717) is 0 Å². The second-order valence-corrected chi connectivity index (χ2v) is 6.49. The first kappa shape index (κ1) is 16.0. The largest absolute Gasteiger partial charge is 0.356 e. The summed E-state index contributed by atoms with van der Waals surface area (Å²) in [6, 6.07) is 0. The minimum Gasteiger partial charge on any atom is -0.356 e. The molecule has 0 spiro atoms. The third kappa shape index (κ3) is 5.59. The molecular formula is C14H26N4S. The van der Waals surface area contributed by atoms with Crippen molar-refractivity contribution in [3.8, 4) is 0 Å². The standard InChI is InChI=1S/C14H26N4S/c1-6-8-16-13(15-5)17-9-7-12-18-11(10-19-12)14(2,3)4/h10H,6-9H2,1-5H3,(H2,15,16,17). The molecule has 0 aliphatic heterocycles. The Morgan fingerprint density at radius 3 is 2.53 bits per heavy atom. The predicted octanol–water partition coefficient (Wildman–Crippen LogP) is 2.56. The maximum Gasteiger partial charge on any atom is 0.190 e. The van der Waals surface area contributed by atoms with E-state index in [1.54, 1.807) is 18.4 Å². The fraction of sp³-hybridized carbons (Fsp3) is 0.714. The molecule has 108 valence electrons. The van der Waals surface area contributed by atoms with Gasteiger partial charge in [-0.25, -0.2) is 4.98 Å². The molecule has 0 fully saturated rings. The van der Waals surface area contributed by atoms with Gasteiger partial charge < -0.3 is 10.6 Å². The number of nitrogens with zero attached hydrogens (tertiary/aromatic N) is 2. The topological polar surface area (TPSA) is 49.3 Å². The van der Waals surface area contributed by atoms with Gasteiger partial charge in [0.1, 0.15) is 0 Å². The molecule has 0 radical (unpaired) electrons. The first-order valence-corrected chi connectivity index (χ1v) is 7.74. The summed E-state index contributed by atoms with van der Waals surface area (Å²) in [6.45, 7) is 10.5. The van der Waals surface area contributed by atoms with Gasteiger partial charge in [-0.1, -0.05) is 27.7 Å². The Kier molecular flexibility index (Phi) is 6.28. The lowest BCUT2D eigenvalue weighted by Gasteiger charge is -2.14. The van der Waals surface area contributed by atoms with Crippen LogP contribution < -0.4 is 10.6 Å². The fourth-order valence-corrected chi connectivity index (χ4v) is 2.55. The molecule has 0 unspecified atom stereocenters. The summed E-state index contributed by atoms with van der Waals surface area (Å²) in [5.41, 5.74) is 1.32. The van der Waals surface area contributed by atoms with Gasteiger partial charge in [-0.05, 0) is 6.42 Å². The third-order valence-corrected chi connectivity index (χ3v) is 3.63. The molecule has 0 amide bonds. The van der Waals surface area contributed by atoms with Crippen molar-refractivity contribution in [1.29, 1.82) is 0 Å². The Morgan fingerprint density at radius 1 is 1.32 bits per heavy atom. The van der Waals surface area contributed by atoms with E-state index in [4.69, 9.17) is 0 Å². The lowest BCUT2D eigenvalue weighted by atomic mass is 9.93. The number of nitrogens with one attached hydrogen (secondary N) is 2. The zero-order valence-electron chi connectivity index (χ0n) is 12.7. The normalized spacial score (nSPS) is 12.6. The highest BCUT2D eigenvalue weighted by molar-refractivity contribution is 7.09. The number of thiazole rings is 1. The molecule has 0 saturated carbocycles. The van der Waals surface area contributed by atoms with Crippen molar-refractivity contribution in [3.05, 3.63) is 16.1 Å². The van der Waals surface area contributed by atoms with Crippen LogP contribution in [0, 0.1) is 0 Å². The maximum absolute atomic E-state index is 4.68. The Bertz CT molecular complexity index is 404. The molecule has 4 nitrogen and oxygen atoms in total. The molecule has 0 saturated heterocycles. The summed E-state index contributed by atoms with van der Waals surface area (Å²) in [5.74, 6) is 0.870. The van der Waals surface area contributed by atoms with Crippen LogP contribution >= 0.6 is 11.3 Å². The van der Waals surface area contributed by atoms with Crippen molar-refractivity contribution >= 4 is 17.3 Å². The van der Waals surface area contributed by atoms with Gasteiger partial charge >= 0.3 is 0 Å². The van der Waals surface area contributed by atoms with Gasteiger partial charge in [-0.2, -0.15) is 0 Å². The van der Waals surface area contributed by atoms with E-state index in [2.05, 4.69) is 53.7 Å². The van der Waals surface area contributed by atoms with E-state index in [9.17, 15) is 0 Å². The highest BCUT2D eigenvalue weighted by Gasteiger charge is 2.17. The number of aliphatic imine (C=N–C) groups is 1. The molecular weight excluding hydrogens is 256 g/mol. The molecule has 5 heteroatoms. The van der Waals surface area contributed by atoms with Gasteiger partial charge in [0.2, 0.25) is 0 Å². The van der Waals surface area contributed by atoms with Crippen molar-refractivity contribution in [2.45, 2.75) is 46.0 Å². The summed E-state index contributed by atoms with van der Waals surface area (Å²) < 4.78 is 0. The second-order valence-electron chi connectivity index (χ2n) is 5.55. The molecule has 19 heavy (non-hydrogen) atoms. The van der Waals surface area contributed by atoms with Gasteiger partial charge in [0.15, 0.2) is 5.96 Å². The highest BCUT2D eigenvalue weighted by atomic mass is 32.1. The summed E-state index contributed by atoms with van der Waals surface area (Å²) in [7, 11) is 1.80. The van der Waals surface area contributed by atoms with Crippen molar-refractivity contribution in [1.82, 2.24) is 15.6 Å². The molecule has 0 aromatic carbocycles. The minimum atomic E-state index is 0.140. The van der Waals surface area contributed by atoms with Crippen LogP contribution in [0.2, 0.25) is 0 Å². The fourth-order valence-electron chi connectivity index (χ4n) is 1.52. The summed E-state index contributed by atoms with van der Waals surface area (Å²) >= 11 is 1.74. The molecule has 0 atom stereocenters. The lowest BCUT2D eigenvalue weighted by molar-refractivity contribution is 0.570. The molecule has 1 aromatic rings.